The first kappa shape index (κ1) is 11.1. The third-order valence-electron chi connectivity index (χ3n) is 2.47. The minimum atomic E-state index is -0.135. The molecular formula is C11H14N6. The second-order valence-electron chi connectivity index (χ2n) is 3.67. The maximum Gasteiger partial charge on any atom is 0.242 e. The first-order valence-corrected chi connectivity index (χ1v) is 5.23. The zero-order chi connectivity index (χ0) is 12.3. The van der Waals surface area contributed by atoms with E-state index in [1.54, 1.807) is 6.21 Å². The van der Waals surface area contributed by atoms with E-state index in [0.717, 1.165) is 12.0 Å². The molecule has 88 valence electrons. The molecule has 17 heavy (non-hydrogen) atoms. The summed E-state index contributed by atoms with van der Waals surface area (Å²) in [4.78, 5) is 3.70. The highest BCUT2D eigenvalue weighted by Gasteiger charge is 2.25. The fraction of sp³-hybridized carbons (Fsp3) is 0.182. The van der Waals surface area contributed by atoms with Crippen molar-refractivity contribution in [3.05, 3.63) is 35.9 Å². The van der Waals surface area contributed by atoms with Crippen LogP contribution in [-0.4, -0.2) is 23.1 Å². The minimum absolute atomic E-state index is 0.00759. The van der Waals surface area contributed by atoms with Crippen LogP contribution in [-0.2, 0) is 0 Å². The van der Waals surface area contributed by atoms with E-state index in [-0.39, 0.29) is 18.0 Å². The van der Waals surface area contributed by atoms with Gasteiger partial charge in [0, 0.05) is 12.6 Å². The second-order valence-corrected chi connectivity index (χ2v) is 3.67. The molecule has 0 amide bonds. The van der Waals surface area contributed by atoms with Crippen LogP contribution in [0.5, 0.6) is 0 Å². The highest BCUT2D eigenvalue weighted by Crippen LogP contribution is 2.27. The molecule has 0 radical (unpaired) electrons. The van der Waals surface area contributed by atoms with Crippen molar-refractivity contribution in [2.75, 3.05) is 0 Å². The Morgan fingerprint density at radius 2 is 2.06 bits per heavy atom. The van der Waals surface area contributed by atoms with E-state index >= 15 is 0 Å². The third kappa shape index (κ3) is 2.41. The van der Waals surface area contributed by atoms with Gasteiger partial charge in [0.05, 0.1) is 6.04 Å². The van der Waals surface area contributed by atoms with Crippen LogP contribution in [0.3, 0.4) is 0 Å². The van der Waals surface area contributed by atoms with Crippen LogP contribution in [0.1, 0.15) is 18.0 Å². The van der Waals surface area contributed by atoms with Crippen LogP contribution in [0.2, 0.25) is 0 Å². The number of hydrogen-bond donors (Lipinski definition) is 3. The number of nitrogens with two attached hydrogens (primary N) is 2. The molecule has 0 aliphatic carbocycles. The summed E-state index contributed by atoms with van der Waals surface area (Å²) in [5, 5.41) is 13.4. The number of benzene rings is 1. The average molecular weight is 230 g/mol. The van der Waals surface area contributed by atoms with Gasteiger partial charge in [0.15, 0.2) is 5.96 Å². The van der Waals surface area contributed by atoms with Gasteiger partial charge in [-0.05, 0) is 5.56 Å². The summed E-state index contributed by atoms with van der Waals surface area (Å²) >= 11 is 0. The van der Waals surface area contributed by atoms with Crippen LogP contribution >= 0.6 is 0 Å². The molecule has 0 bridgehead atoms. The van der Waals surface area contributed by atoms with E-state index in [1.807, 2.05) is 30.3 Å². The van der Waals surface area contributed by atoms with E-state index in [4.69, 9.17) is 16.9 Å². The molecule has 0 fully saturated rings. The van der Waals surface area contributed by atoms with Crippen molar-refractivity contribution in [3.8, 4) is 0 Å². The van der Waals surface area contributed by atoms with Gasteiger partial charge >= 0.3 is 0 Å². The molecule has 2 rings (SSSR count). The van der Waals surface area contributed by atoms with Crippen LogP contribution in [0.25, 0.3) is 0 Å². The van der Waals surface area contributed by atoms with Crippen molar-refractivity contribution in [1.29, 1.82) is 5.41 Å². The molecule has 0 unspecified atom stereocenters. The lowest BCUT2D eigenvalue weighted by molar-refractivity contribution is 0.364. The summed E-state index contributed by atoms with van der Waals surface area (Å²) in [6, 6.07) is 9.84. The fourth-order valence-corrected chi connectivity index (χ4v) is 1.74. The lowest BCUT2D eigenvalue weighted by Crippen LogP contribution is -2.30. The summed E-state index contributed by atoms with van der Waals surface area (Å²) in [6.45, 7) is 0. The van der Waals surface area contributed by atoms with E-state index in [2.05, 4.69) is 10.1 Å². The normalized spacial score (nSPS) is 18.1. The van der Waals surface area contributed by atoms with Gasteiger partial charge < -0.3 is 11.5 Å². The molecule has 0 saturated carbocycles. The number of guanidine groups is 2. The molecule has 1 aromatic rings. The van der Waals surface area contributed by atoms with Gasteiger partial charge in [-0.25, -0.2) is 5.01 Å². The minimum Gasteiger partial charge on any atom is -0.370 e. The molecule has 1 aliphatic heterocycles. The maximum atomic E-state index is 7.76. The highest BCUT2D eigenvalue weighted by atomic mass is 15.5. The zero-order valence-electron chi connectivity index (χ0n) is 9.24. The Morgan fingerprint density at radius 1 is 1.35 bits per heavy atom. The lowest BCUT2D eigenvalue weighted by Gasteiger charge is -2.21. The number of aliphatic imine (C=N–C) groups is 1. The summed E-state index contributed by atoms with van der Waals surface area (Å²) in [6.07, 6.45) is 2.50. The van der Waals surface area contributed by atoms with Gasteiger partial charge in [-0.3, -0.25) is 5.41 Å². The Labute approximate surface area is 99.1 Å². The number of nitrogens with zero attached hydrogens (tertiary/aromatic N) is 3. The van der Waals surface area contributed by atoms with Crippen molar-refractivity contribution in [2.45, 2.75) is 12.5 Å². The average Bonchev–Trinajstić information content (AvgIpc) is 2.78. The molecule has 0 aromatic heterocycles. The third-order valence-corrected chi connectivity index (χ3v) is 2.47. The number of nitrogens with one attached hydrogen (secondary N) is 1. The predicted molar refractivity (Wildman–Crippen MR) is 67.7 cm³/mol. The van der Waals surface area contributed by atoms with E-state index < -0.39 is 0 Å². The van der Waals surface area contributed by atoms with Crippen molar-refractivity contribution in [1.82, 2.24) is 5.01 Å². The standard InChI is InChI=1S/C11H14N6/c12-10(13)16-11(14)17-9(6-7-15-17)8-4-2-1-3-5-8/h1-5,7,9H,6H2,(H5,12,13,14,16)/t9-/m1/s1. The molecule has 1 aliphatic rings. The smallest absolute Gasteiger partial charge is 0.242 e. The molecule has 1 heterocycles. The van der Waals surface area contributed by atoms with Gasteiger partial charge in [0.1, 0.15) is 0 Å². The van der Waals surface area contributed by atoms with Gasteiger partial charge in [0.2, 0.25) is 5.96 Å². The van der Waals surface area contributed by atoms with Gasteiger partial charge in [-0.1, -0.05) is 30.3 Å². The molecule has 5 N–H and O–H groups in total. The molecule has 0 spiro atoms. The first-order valence-electron chi connectivity index (χ1n) is 5.23. The molecular weight excluding hydrogens is 216 g/mol. The van der Waals surface area contributed by atoms with Gasteiger partial charge in [-0.15, -0.1) is 0 Å². The molecule has 6 heteroatoms. The topological polar surface area (TPSA) is 104 Å². The molecule has 1 aromatic carbocycles. The number of hydrazone groups is 1. The van der Waals surface area contributed by atoms with Crippen LogP contribution < -0.4 is 11.5 Å². The highest BCUT2D eigenvalue weighted by molar-refractivity contribution is 5.92. The monoisotopic (exact) mass is 230 g/mol. The summed E-state index contributed by atoms with van der Waals surface area (Å²) < 4.78 is 0. The summed E-state index contributed by atoms with van der Waals surface area (Å²) in [5.41, 5.74) is 11.6. The second kappa shape index (κ2) is 4.65. The van der Waals surface area contributed by atoms with Gasteiger partial charge in [0.25, 0.3) is 0 Å². The number of hydrogen-bond acceptors (Lipinski definition) is 2. The molecule has 6 nitrogen and oxygen atoms in total. The lowest BCUT2D eigenvalue weighted by atomic mass is 10.1. The Hall–Kier alpha value is -2.37. The van der Waals surface area contributed by atoms with Crippen molar-refractivity contribution < 1.29 is 0 Å². The largest absolute Gasteiger partial charge is 0.370 e. The quantitative estimate of drug-likeness (QED) is 0.486. The first-order chi connectivity index (χ1) is 8.18. The summed E-state index contributed by atoms with van der Waals surface area (Å²) in [7, 11) is 0. The molecule has 1 atom stereocenters. The van der Waals surface area contributed by atoms with E-state index in [1.165, 1.54) is 5.01 Å². The van der Waals surface area contributed by atoms with Crippen LogP contribution in [0, 0.1) is 5.41 Å². The van der Waals surface area contributed by atoms with Crippen molar-refractivity contribution >= 4 is 18.1 Å². The van der Waals surface area contributed by atoms with E-state index in [9.17, 15) is 0 Å². The number of rotatable bonds is 1. The molecule has 0 saturated heterocycles. The van der Waals surface area contributed by atoms with Crippen molar-refractivity contribution in [3.63, 3.8) is 0 Å². The Morgan fingerprint density at radius 3 is 2.71 bits per heavy atom. The Bertz CT molecular complexity index is 460. The Kier molecular flexibility index (Phi) is 3.04. The Balaban J connectivity index is 2.21. The van der Waals surface area contributed by atoms with Gasteiger partial charge in [-0.2, -0.15) is 10.1 Å². The van der Waals surface area contributed by atoms with Crippen LogP contribution in [0.15, 0.2) is 40.4 Å². The van der Waals surface area contributed by atoms with Crippen molar-refractivity contribution in [2.24, 2.45) is 21.6 Å². The maximum absolute atomic E-state index is 7.76. The van der Waals surface area contributed by atoms with Crippen LogP contribution in [0.4, 0.5) is 0 Å². The van der Waals surface area contributed by atoms with E-state index in [0.29, 0.717) is 0 Å². The fourth-order valence-electron chi connectivity index (χ4n) is 1.74. The zero-order valence-corrected chi connectivity index (χ0v) is 9.24. The SMILES string of the molecule is N=C(N=C(N)N)N1N=CC[C@@H]1c1ccccc1. The predicted octanol–water partition coefficient (Wildman–Crippen LogP) is 0.627. The summed E-state index contributed by atoms with van der Waals surface area (Å²) in [5.74, 6) is -0.184.